The number of nitrogens with zero attached hydrogens (tertiary/aromatic N) is 1. The van der Waals surface area contributed by atoms with Gasteiger partial charge in [-0.2, -0.15) is 0 Å². The zero-order chi connectivity index (χ0) is 17.2. The number of hydrogen-bond acceptors (Lipinski definition) is 6. The van der Waals surface area contributed by atoms with Gasteiger partial charge in [0.25, 0.3) is 0 Å². The molecule has 0 radical (unpaired) electrons. The Morgan fingerprint density at radius 1 is 1.21 bits per heavy atom. The van der Waals surface area contributed by atoms with Gasteiger partial charge in [-0.3, -0.25) is 4.79 Å². The normalized spacial score (nSPS) is 10.4. The second-order valence-corrected chi connectivity index (χ2v) is 5.88. The van der Waals surface area contributed by atoms with Gasteiger partial charge in [-0.25, -0.2) is 9.78 Å². The number of rotatable bonds is 9. The molecule has 0 amide bonds. The highest BCUT2D eigenvalue weighted by molar-refractivity contribution is 7.99. The van der Waals surface area contributed by atoms with Crippen LogP contribution >= 0.6 is 11.8 Å². The number of aryl methyl sites for hydroxylation is 1. The molecule has 24 heavy (non-hydrogen) atoms. The molecule has 0 aliphatic heterocycles. The molecule has 7 heteroatoms. The highest BCUT2D eigenvalue weighted by Crippen LogP contribution is 2.14. The molecule has 0 saturated carbocycles. The van der Waals surface area contributed by atoms with Crippen molar-refractivity contribution in [1.82, 2.24) is 9.97 Å². The van der Waals surface area contributed by atoms with Crippen LogP contribution in [0.2, 0.25) is 0 Å². The fourth-order valence-corrected chi connectivity index (χ4v) is 2.61. The first kappa shape index (κ1) is 18.1. The van der Waals surface area contributed by atoms with Crippen LogP contribution in [-0.4, -0.2) is 40.9 Å². The molecular weight excluding hydrogens is 328 g/mol. The second-order valence-electron chi connectivity index (χ2n) is 4.92. The number of esters is 2. The van der Waals surface area contributed by atoms with Gasteiger partial charge in [0.2, 0.25) is 0 Å². The maximum atomic E-state index is 11.7. The number of H-pyrrole nitrogens is 1. The molecule has 1 N–H and O–H groups in total. The Kier molecular flexibility index (Phi) is 7.35. The lowest BCUT2D eigenvalue weighted by Crippen LogP contribution is -2.09. The van der Waals surface area contributed by atoms with E-state index in [0.717, 1.165) is 12.8 Å². The summed E-state index contributed by atoms with van der Waals surface area (Å²) in [5.74, 6) is -0.622. The summed E-state index contributed by atoms with van der Waals surface area (Å²) in [6.07, 6.45) is 3.06. The predicted molar refractivity (Wildman–Crippen MR) is 91.0 cm³/mol. The van der Waals surface area contributed by atoms with Gasteiger partial charge in [-0.1, -0.05) is 42.1 Å². The Bertz CT molecular complexity index is 658. The average molecular weight is 348 g/mol. The number of aromatic nitrogens is 2. The van der Waals surface area contributed by atoms with Gasteiger partial charge >= 0.3 is 11.9 Å². The number of carbonyl (C=O) groups is 2. The van der Waals surface area contributed by atoms with E-state index >= 15 is 0 Å². The van der Waals surface area contributed by atoms with E-state index in [4.69, 9.17) is 9.47 Å². The summed E-state index contributed by atoms with van der Waals surface area (Å²) >= 11 is 1.19. The van der Waals surface area contributed by atoms with E-state index in [2.05, 4.69) is 22.1 Å². The van der Waals surface area contributed by atoms with Crippen LogP contribution in [0.1, 0.15) is 29.4 Å². The third kappa shape index (κ3) is 6.08. The minimum absolute atomic E-state index is 0.140. The summed E-state index contributed by atoms with van der Waals surface area (Å²) in [5.41, 5.74) is 1.50. The van der Waals surface area contributed by atoms with Crippen LogP contribution in [0.5, 0.6) is 0 Å². The van der Waals surface area contributed by atoms with Crippen LogP contribution < -0.4 is 0 Å². The van der Waals surface area contributed by atoms with E-state index < -0.39 is 5.97 Å². The van der Waals surface area contributed by atoms with E-state index in [1.165, 1.54) is 23.5 Å². The minimum atomic E-state index is -0.458. The Morgan fingerprint density at radius 3 is 2.75 bits per heavy atom. The van der Waals surface area contributed by atoms with Gasteiger partial charge in [0.05, 0.1) is 25.2 Å². The largest absolute Gasteiger partial charge is 0.465 e. The van der Waals surface area contributed by atoms with Crippen LogP contribution in [-0.2, 0) is 20.7 Å². The van der Waals surface area contributed by atoms with Crippen molar-refractivity contribution in [3.8, 4) is 0 Å². The molecule has 0 unspecified atom stereocenters. The molecule has 2 aromatic rings. The Balaban J connectivity index is 1.63. The van der Waals surface area contributed by atoms with E-state index in [0.29, 0.717) is 18.4 Å². The van der Waals surface area contributed by atoms with Crippen molar-refractivity contribution in [1.29, 1.82) is 0 Å². The van der Waals surface area contributed by atoms with Gasteiger partial charge in [0.15, 0.2) is 5.16 Å². The Labute approximate surface area is 145 Å². The van der Waals surface area contributed by atoms with Crippen LogP contribution in [0.4, 0.5) is 0 Å². The van der Waals surface area contributed by atoms with Gasteiger partial charge in [0.1, 0.15) is 5.69 Å². The summed E-state index contributed by atoms with van der Waals surface area (Å²) in [6, 6.07) is 10.1. The minimum Gasteiger partial charge on any atom is -0.465 e. The van der Waals surface area contributed by atoms with Crippen LogP contribution in [0.25, 0.3) is 0 Å². The topological polar surface area (TPSA) is 81.3 Å². The maximum Gasteiger partial charge on any atom is 0.356 e. The molecule has 2 rings (SSSR count). The number of ether oxygens (including phenoxy) is 2. The van der Waals surface area contributed by atoms with Gasteiger partial charge in [0, 0.05) is 0 Å². The van der Waals surface area contributed by atoms with Gasteiger partial charge in [-0.05, 0) is 25.3 Å². The third-order valence-electron chi connectivity index (χ3n) is 3.09. The summed E-state index contributed by atoms with van der Waals surface area (Å²) in [7, 11) is 0. The van der Waals surface area contributed by atoms with Gasteiger partial charge < -0.3 is 14.5 Å². The van der Waals surface area contributed by atoms with Crippen molar-refractivity contribution in [2.45, 2.75) is 24.9 Å². The highest BCUT2D eigenvalue weighted by atomic mass is 32.2. The van der Waals surface area contributed by atoms with E-state index in [1.54, 1.807) is 6.92 Å². The van der Waals surface area contributed by atoms with Crippen molar-refractivity contribution in [3.63, 3.8) is 0 Å². The molecule has 0 atom stereocenters. The van der Waals surface area contributed by atoms with Crippen LogP contribution in [0, 0.1) is 0 Å². The molecule has 1 aromatic heterocycles. The van der Waals surface area contributed by atoms with Crippen molar-refractivity contribution >= 4 is 23.7 Å². The Morgan fingerprint density at radius 2 is 2.00 bits per heavy atom. The summed E-state index contributed by atoms with van der Waals surface area (Å²) in [4.78, 5) is 30.0. The fraction of sp³-hybridized carbons (Fsp3) is 0.353. The number of hydrogen-bond donors (Lipinski definition) is 1. The molecular formula is C17H20N2O4S. The lowest BCUT2D eigenvalue weighted by atomic mass is 10.1. The van der Waals surface area contributed by atoms with E-state index in [-0.39, 0.29) is 17.4 Å². The average Bonchev–Trinajstić information content (AvgIpc) is 3.07. The second kappa shape index (κ2) is 9.77. The zero-order valence-electron chi connectivity index (χ0n) is 13.5. The van der Waals surface area contributed by atoms with Crippen LogP contribution in [0.15, 0.2) is 41.7 Å². The van der Waals surface area contributed by atoms with E-state index in [1.807, 2.05) is 18.2 Å². The first-order valence-electron chi connectivity index (χ1n) is 7.73. The number of thioether (sulfide) groups is 1. The molecule has 6 nitrogen and oxygen atoms in total. The molecule has 128 valence electrons. The lowest BCUT2D eigenvalue weighted by Gasteiger charge is -2.04. The summed E-state index contributed by atoms with van der Waals surface area (Å²) < 4.78 is 10.0. The molecule has 1 aromatic carbocycles. The molecule has 0 bridgehead atoms. The number of imidazole rings is 1. The number of nitrogens with one attached hydrogen (secondary N) is 1. The Hall–Kier alpha value is -2.28. The third-order valence-corrected chi connectivity index (χ3v) is 3.95. The van der Waals surface area contributed by atoms with Crippen molar-refractivity contribution in [3.05, 3.63) is 47.8 Å². The summed E-state index contributed by atoms with van der Waals surface area (Å²) in [5, 5.41) is 0.485. The smallest absolute Gasteiger partial charge is 0.356 e. The van der Waals surface area contributed by atoms with Crippen molar-refractivity contribution < 1.29 is 19.1 Å². The number of aromatic amines is 1. The van der Waals surface area contributed by atoms with E-state index in [9.17, 15) is 9.59 Å². The molecule has 0 saturated heterocycles. The standard InChI is InChI=1S/C17H20N2O4S/c1-2-22-16(21)14-11-18-17(19-14)24-12-15(20)23-10-6-9-13-7-4-3-5-8-13/h3-5,7-8,11H,2,6,9-10,12H2,1H3,(H,18,19). The molecule has 0 aliphatic carbocycles. The number of carbonyl (C=O) groups excluding carboxylic acids is 2. The highest BCUT2D eigenvalue weighted by Gasteiger charge is 2.12. The van der Waals surface area contributed by atoms with Crippen LogP contribution in [0.3, 0.4) is 0 Å². The van der Waals surface area contributed by atoms with Crippen molar-refractivity contribution in [2.75, 3.05) is 19.0 Å². The monoisotopic (exact) mass is 348 g/mol. The summed E-state index contributed by atoms with van der Waals surface area (Å²) in [6.45, 7) is 2.42. The van der Waals surface area contributed by atoms with Crippen molar-refractivity contribution in [2.24, 2.45) is 0 Å². The molecule has 0 spiro atoms. The SMILES string of the molecule is CCOC(=O)c1cnc(SCC(=O)OCCCc2ccccc2)[nH]1. The molecule has 0 fully saturated rings. The fourth-order valence-electron chi connectivity index (χ4n) is 1.96. The van der Waals surface area contributed by atoms with Gasteiger partial charge in [-0.15, -0.1) is 0 Å². The zero-order valence-corrected chi connectivity index (χ0v) is 14.3. The molecule has 0 aliphatic rings. The predicted octanol–water partition coefficient (Wildman–Crippen LogP) is 2.85. The lowest BCUT2D eigenvalue weighted by molar-refractivity contribution is -0.140. The first-order chi connectivity index (χ1) is 11.7. The number of benzene rings is 1. The molecule has 1 heterocycles. The first-order valence-corrected chi connectivity index (χ1v) is 8.72. The maximum absolute atomic E-state index is 11.7. The quantitative estimate of drug-likeness (QED) is 0.426.